The lowest BCUT2D eigenvalue weighted by Gasteiger charge is -2.23. The van der Waals surface area contributed by atoms with E-state index in [-0.39, 0.29) is 0 Å². The van der Waals surface area contributed by atoms with Gasteiger partial charge in [-0.3, -0.25) is 0 Å². The van der Waals surface area contributed by atoms with E-state index in [0.717, 1.165) is 33.7 Å². The third kappa shape index (κ3) is 2.86. The maximum Gasteiger partial charge on any atom is 0.163 e. The minimum Gasteiger partial charge on any atom is -0.327 e. The fraction of sp³-hybridized carbons (Fsp3) is 0.261. The lowest BCUT2D eigenvalue weighted by molar-refractivity contribution is 0.359. The monoisotopic (exact) mass is 399 g/mol. The topological polar surface area (TPSA) is 48.0 Å². The van der Waals surface area contributed by atoms with Gasteiger partial charge in [0.1, 0.15) is 5.69 Å². The molecular formula is C23H21N5S. The first kappa shape index (κ1) is 16.9. The second-order valence-electron chi connectivity index (χ2n) is 7.79. The highest BCUT2D eigenvalue weighted by molar-refractivity contribution is 7.08. The van der Waals surface area contributed by atoms with Crippen LogP contribution in [0, 0.1) is 0 Å². The van der Waals surface area contributed by atoms with Crippen molar-refractivity contribution in [1.29, 1.82) is 0 Å². The third-order valence-electron chi connectivity index (χ3n) is 6.01. The van der Waals surface area contributed by atoms with E-state index in [0.29, 0.717) is 6.04 Å². The van der Waals surface area contributed by atoms with Crippen molar-refractivity contribution in [1.82, 2.24) is 23.9 Å². The smallest absolute Gasteiger partial charge is 0.163 e. The van der Waals surface area contributed by atoms with Crippen LogP contribution in [0.2, 0.25) is 0 Å². The van der Waals surface area contributed by atoms with E-state index in [4.69, 9.17) is 4.98 Å². The maximum atomic E-state index is 5.01. The van der Waals surface area contributed by atoms with Crippen molar-refractivity contribution < 1.29 is 0 Å². The number of fused-ring (bicyclic) bond motifs is 2. The lowest BCUT2D eigenvalue weighted by atomic mass is 9.95. The van der Waals surface area contributed by atoms with Crippen LogP contribution in [0.3, 0.4) is 0 Å². The van der Waals surface area contributed by atoms with Gasteiger partial charge in [0.05, 0.1) is 23.1 Å². The van der Waals surface area contributed by atoms with Crippen LogP contribution in [0.15, 0.2) is 59.9 Å². The Morgan fingerprint density at radius 2 is 1.93 bits per heavy atom. The summed E-state index contributed by atoms with van der Waals surface area (Å²) in [6.07, 6.45) is 14.4. The van der Waals surface area contributed by atoms with Crippen LogP contribution < -0.4 is 0 Å². The molecule has 1 aromatic carbocycles. The summed E-state index contributed by atoms with van der Waals surface area (Å²) < 4.78 is 4.45. The normalized spacial score (nSPS) is 15.4. The predicted octanol–water partition coefficient (Wildman–Crippen LogP) is 5.98. The Kier molecular flexibility index (Phi) is 3.97. The second-order valence-corrected chi connectivity index (χ2v) is 8.57. The molecule has 1 fully saturated rings. The molecule has 0 saturated heterocycles. The van der Waals surface area contributed by atoms with Gasteiger partial charge in [-0.25, -0.2) is 15.0 Å². The van der Waals surface area contributed by atoms with Gasteiger partial charge in [-0.05, 0) is 36.4 Å². The fourth-order valence-electron chi connectivity index (χ4n) is 4.50. The number of hydrogen-bond donors (Lipinski definition) is 0. The van der Waals surface area contributed by atoms with Gasteiger partial charge >= 0.3 is 0 Å². The molecular weight excluding hydrogens is 378 g/mol. The Hall–Kier alpha value is -2.99. The van der Waals surface area contributed by atoms with Crippen molar-refractivity contribution in [3.63, 3.8) is 0 Å². The van der Waals surface area contributed by atoms with E-state index >= 15 is 0 Å². The van der Waals surface area contributed by atoms with Crippen LogP contribution in [0.1, 0.15) is 38.1 Å². The largest absolute Gasteiger partial charge is 0.327 e. The van der Waals surface area contributed by atoms with E-state index in [9.17, 15) is 0 Å². The molecule has 1 saturated carbocycles. The Morgan fingerprint density at radius 1 is 1.00 bits per heavy atom. The van der Waals surface area contributed by atoms with Gasteiger partial charge < -0.3 is 8.97 Å². The summed E-state index contributed by atoms with van der Waals surface area (Å²) in [5.41, 5.74) is 7.23. The molecule has 0 N–H and O–H groups in total. The van der Waals surface area contributed by atoms with E-state index in [1.807, 2.05) is 18.7 Å². The molecule has 0 aliphatic heterocycles. The molecule has 0 unspecified atom stereocenters. The molecule has 1 aliphatic carbocycles. The standard InChI is InChI=1S/C23H21N5S/c1-2-4-18(5-3-1)28-15-25-19-7-6-16(12-21(19)28)22-23-24-9-10-27(23)13-20(26-22)17-8-11-29-14-17/h6-15,18H,1-5H2. The Labute approximate surface area is 172 Å². The second kappa shape index (κ2) is 6.81. The van der Waals surface area contributed by atoms with Crippen LogP contribution >= 0.6 is 11.3 Å². The average Bonchev–Trinajstić information content (AvgIpc) is 3.53. The van der Waals surface area contributed by atoms with Gasteiger partial charge in [0.25, 0.3) is 0 Å². The van der Waals surface area contributed by atoms with Gasteiger partial charge in [0.15, 0.2) is 5.65 Å². The van der Waals surface area contributed by atoms with E-state index in [1.54, 1.807) is 11.3 Å². The van der Waals surface area contributed by atoms with Gasteiger partial charge in [0, 0.05) is 41.1 Å². The highest BCUT2D eigenvalue weighted by Gasteiger charge is 2.18. The Bertz CT molecular complexity index is 1290. The highest BCUT2D eigenvalue weighted by Crippen LogP contribution is 2.33. The molecule has 0 radical (unpaired) electrons. The number of aromatic nitrogens is 5. The average molecular weight is 400 g/mol. The summed E-state index contributed by atoms with van der Waals surface area (Å²) >= 11 is 1.69. The van der Waals surface area contributed by atoms with E-state index in [2.05, 4.69) is 60.2 Å². The Morgan fingerprint density at radius 3 is 2.79 bits per heavy atom. The van der Waals surface area contributed by atoms with Gasteiger partial charge in [-0.15, -0.1) is 0 Å². The highest BCUT2D eigenvalue weighted by atomic mass is 32.1. The summed E-state index contributed by atoms with van der Waals surface area (Å²) in [5, 5.41) is 4.22. The molecule has 4 aromatic heterocycles. The van der Waals surface area contributed by atoms with Crippen molar-refractivity contribution in [2.24, 2.45) is 0 Å². The minimum absolute atomic E-state index is 0.556. The number of rotatable bonds is 3. The number of thiophene rings is 1. The number of imidazole rings is 2. The lowest BCUT2D eigenvalue weighted by Crippen LogP contribution is -2.11. The summed E-state index contributed by atoms with van der Waals surface area (Å²) in [6, 6.07) is 9.14. The van der Waals surface area contributed by atoms with Crippen molar-refractivity contribution in [2.75, 3.05) is 0 Å². The van der Waals surface area contributed by atoms with Crippen LogP contribution in [0.4, 0.5) is 0 Å². The molecule has 1 aliphatic rings. The molecule has 144 valence electrons. The maximum absolute atomic E-state index is 5.01. The van der Waals surface area contributed by atoms with Crippen LogP contribution in [0.5, 0.6) is 0 Å². The quantitative estimate of drug-likeness (QED) is 0.375. The first-order valence-corrected chi connectivity index (χ1v) is 11.1. The summed E-state index contributed by atoms with van der Waals surface area (Å²) in [6.45, 7) is 0. The molecule has 0 amide bonds. The van der Waals surface area contributed by atoms with Crippen molar-refractivity contribution in [3.05, 3.63) is 59.9 Å². The van der Waals surface area contributed by atoms with E-state index in [1.165, 1.54) is 37.6 Å². The first-order chi connectivity index (χ1) is 14.4. The zero-order chi connectivity index (χ0) is 19.2. The van der Waals surface area contributed by atoms with Crippen LogP contribution in [0.25, 0.3) is 39.2 Å². The predicted molar refractivity (Wildman–Crippen MR) is 117 cm³/mol. The molecule has 5 nitrogen and oxygen atoms in total. The number of hydrogen-bond acceptors (Lipinski definition) is 4. The molecule has 6 rings (SSSR count). The first-order valence-electron chi connectivity index (χ1n) is 10.2. The molecule has 0 atom stereocenters. The van der Waals surface area contributed by atoms with Gasteiger partial charge in [0.2, 0.25) is 0 Å². The van der Waals surface area contributed by atoms with Gasteiger partial charge in [-0.1, -0.05) is 25.3 Å². The number of nitrogens with zero attached hydrogens (tertiary/aromatic N) is 5. The van der Waals surface area contributed by atoms with Gasteiger partial charge in [-0.2, -0.15) is 11.3 Å². The number of benzene rings is 1. The molecule has 0 bridgehead atoms. The van der Waals surface area contributed by atoms with E-state index < -0.39 is 0 Å². The molecule has 0 spiro atoms. The van der Waals surface area contributed by atoms with Crippen molar-refractivity contribution >= 4 is 28.0 Å². The summed E-state index contributed by atoms with van der Waals surface area (Å²) in [4.78, 5) is 14.3. The summed E-state index contributed by atoms with van der Waals surface area (Å²) in [7, 11) is 0. The molecule has 5 aromatic rings. The molecule has 4 heterocycles. The Balaban J connectivity index is 1.52. The van der Waals surface area contributed by atoms with Crippen molar-refractivity contribution in [2.45, 2.75) is 38.1 Å². The van der Waals surface area contributed by atoms with Crippen LogP contribution in [-0.4, -0.2) is 23.9 Å². The molecule has 29 heavy (non-hydrogen) atoms. The zero-order valence-electron chi connectivity index (χ0n) is 16.0. The van der Waals surface area contributed by atoms with Crippen LogP contribution in [-0.2, 0) is 0 Å². The summed E-state index contributed by atoms with van der Waals surface area (Å²) in [5.74, 6) is 0. The SMILES string of the molecule is c1cn2cc(-c3ccsc3)nc(-c3ccc4ncn(C5CCCCC5)c4c3)c2n1. The zero-order valence-corrected chi connectivity index (χ0v) is 16.8. The third-order valence-corrected chi connectivity index (χ3v) is 6.69. The van der Waals surface area contributed by atoms with Crippen molar-refractivity contribution in [3.8, 4) is 22.5 Å². The molecule has 6 heteroatoms. The fourth-order valence-corrected chi connectivity index (χ4v) is 5.15. The minimum atomic E-state index is 0.556.